The summed E-state index contributed by atoms with van der Waals surface area (Å²) in [5.74, 6) is -0.0862. The Kier molecular flexibility index (Phi) is 6.03. The second kappa shape index (κ2) is 9.03. The molecule has 1 atom stereocenters. The van der Waals surface area contributed by atoms with Crippen molar-refractivity contribution in [1.82, 2.24) is 20.1 Å². The van der Waals surface area contributed by atoms with Crippen molar-refractivity contribution in [2.45, 2.75) is 57.5 Å². The number of amides is 1. The van der Waals surface area contributed by atoms with Gasteiger partial charge in [-0.25, -0.2) is 0 Å². The van der Waals surface area contributed by atoms with Gasteiger partial charge in [0.1, 0.15) is 0 Å². The third-order valence-electron chi connectivity index (χ3n) is 5.75. The molecule has 1 fully saturated rings. The minimum Gasteiger partial charge on any atom is -0.350 e. The van der Waals surface area contributed by atoms with E-state index in [4.69, 9.17) is 5.10 Å². The molecule has 1 N–H and O–H groups in total. The Labute approximate surface area is 172 Å². The van der Waals surface area contributed by atoms with E-state index >= 15 is 0 Å². The molecule has 4 rings (SSSR count). The highest BCUT2D eigenvalue weighted by Gasteiger charge is 2.23. The summed E-state index contributed by atoms with van der Waals surface area (Å²) in [4.78, 5) is 17.3. The monoisotopic (exact) mass is 388 g/mol. The number of benzene rings is 1. The molecule has 3 aromatic rings. The first-order valence-electron chi connectivity index (χ1n) is 10.6. The quantitative estimate of drug-likeness (QED) is 0.628. The molecule has 0 radical (unpaired) electrons. The largest absolute Gasteiger partial charge is 0.350 e. The van der Waals surface area contributed by atoms with E-state index in [9.17, 15) is 4.79 Å². The Morgan fingerprint density at radius 2 is 1.90 bits per heavy atom. The Bertz CT molecular complexity index is 930. The van der Waals surface area contributed by atoms with Gasteiger partial charge in [0.05, 0.1) is 35.6 Å². The number of carbonyl (C=O) groups excluding carboxylic acids is 1. The van der Waals surface area contributed by atoms with Crippen LogP contribution in [-0.2, 0) is 11.3 Å². The summed E-state index contributed by atoms with van der Waals surface area (Å²) in [6.07, 6.45) is 7.37. The van der Waals surface area contributed by atoms with Crippen molar-refractivity contribution < 1.29 is 4.79 Å². The number of aromatic nitrogens is 3. The number of hydrogen-bond donors (Lipinski definition) is 1. The van der Waals surface area contributed by atoms with Gasteiger partial charge in [-0.3, -0.25) is 14.5 Å². The molecule has 2 aromatic heterocycles. The maximum atomic E-state index is 12.8. The van der Waals surface area contributed by atoms with Gasteiger partial charge in [-0.05, 0) is 43.0 Å². The average Bonchev–Trinajstić information content (AvgIpc) is 3.44. The molecular weight excluding hydrogens is 360 g/mol. The fourth-order valence-corrected chi connectivity index (χ4v) is 4.22. The van der Waals surface area contributed by atoms with Gasteiger partial charge >= 0.3 is 0 Å². The maximum Gasteiger partial charge on any atom is 0.227 e. The standard InChI is InChI=1S/C24H28N4O/c1-2-21(18-10-4-3-5-11-18)24(29)26-17-19-16-23(22-14-8-9-15-25-22)28(27-19)20-12-6-7-13-20/h3-5,8-11,14-16,20-21H,2,6-7,12-13,17H2,1H3,(H,26,29). The highest BCUT2D eigenvalue weighted by atomic mass is 16.1. The van der Waals surface area contributed by atoms with Crippen LogP contribution in [0.2, 0.25) is 0 Å². The van der Waals surface area contributed by atoms with Crippen LogP contribution in [0.5, 0.6) is 0 Å². The molecule has 1 saturated carbocycles. The van der Waals surface area contributed by atoms with Crippen LogP contribution in [0, 0.1) is 0 Å². The van der Waals surface area contributed by atoms with Crippen molar-refractivity contribution in [2.24, 2.45) is 0 Å². The number of hydrogen-bond acceptors (Lipinski definition) is 3. The molecule has 5 heteroatoms. The molecule has 2 heterocycles. The van der Waals surface area contributed by atoms with Gasteiger partial charge < -0.3 is 5.32 Å². The second-order valence-electron chi connectivity index (χ2n) is 7.71. The zero-order chi connectivity index (χ0) is 20.1. The average molecular weight is 389 g/mol. The zero-order valence-corrected chi connectivity index (χ0v) is 16.9. The van der Waals surface area contributed by atoms with E-state index in [1.165, 1.54) is 12.8 Å². The number of rotatable bonds is 7. The second-order valence-corrected chi connectivity index (χ2v) is 7.71. The van der Waals surface area contributed by atoms with Crippen LogP contribution in [0.1, 0.15) is 62.2 Å². The molecule has 1 aliphatic carbocycles. The van der Waals surface area contributed by atoms with Crippen LogP contribution in [-0.4, -0.2) is 20.7 Å². The third kappa shape index (κ3) is 4.39. The molecule has 1 unspecified atom stereocenters. The van der Waals surface area contributed by atoms with E-state index in [1.807, 2.05) is 61.7 Å². The van der Waals surface area contributed by atoms with Crippen LogP contribution >= 0.6 is 0 Å². The smallest absolute Gasteiger partial charge is 0.227 e. The maximum absolute atomic E-state index is 12.8. The Morgan fingerprint density at radius 1 is 1.14 bits per heavy atom. The first-order chi connectivity index (χ1) is 14.3. The fraction of sp³-hybridized carbons (Fsp3) is 0.375. The lowest BCUT2D eigenvalue weighted by molar-refractivity contribution is -0.122. The Balaban J connectivity index is 1.52. The molecule has 0 spiro atoms. The topological polar surface area (TPSA) is 59.8 Å². The first-order valence-corrected chi connectivity index (χ1v) is 10.6. The number of carbonyl (C=O) groups is 1. The number of pyridine rings is 1. The van der Waals surface area contributed by atoms with Crippen molar-refractivity contribution in [3.8, 4) is 11.4 Å². The van der Waals surface area contributed by atoms with Crippen LogP contribution < -0.4 is 5.32 Å². The predicted molar refractivity (Wildman–Crippen MR) is 114 cm³/mol. The zero-order valence-electron chi connectivity index (χ0n) is 16.9. The molecule has 1 amide bonds. The summed E-state index contributed by atoms with van der Waals surface area (Å²) in [7, 11) is 0. The van der Waals surface area contributed by atoms with E-state index < -0.39 is 0 Å². The lowest BCUT2D eigenvalue weighted by Gasteiger charge is -2.15. The predicted octanol–water partition coefficient (Wildman–Crippen LogP) is 4.87. The van der Waals surface area contributed by atoms with Crippen molar-refractivity contribution in [2.75, 3.05) is 0 Å². The summed E-state index contributed by atoms with van der Waals surface area (Å²) < 4.78 is 2.13. The highest BCUT2D eigenvalue weighted by Crippen LogP contribution is 2.33. The van der Waals surface area contributed by atoms with E-state index in [1.54, 1.807) is 0 Å². The van der Waals surface area contributed by atoms with Gasteiger partial charge in [-0.2, -0.15) is 5.10 Å². The molecule has 0 bridgehead atoms. The van der Waals surface area contributed by atoms with Gasteiger partial charge in [-0.1, -0.05) is 56.2 Å². The van der Waals surface area contributed by atoms with E-state index in [0.29, 0.717) is 12.6 Å². The minimum absolute atomic E-state index is 0.0495. The van der Waals surface area contributed by atoms with Gasteiger partial charge in [0.25, 0.3) is 0 Å². The summed E-state index contributed by atoms with van der Waals surface area (Å²) in [6.45, 7) is 2.48. The van der Waals surface area contributed by atoms with Crippen LogP contribution in [0.4, 0.5) is 0 Å². The summed E-state index contributed by atoms with van der Waals surface area (Å²) in [5.41, 5.74) is 3.91. The van der Waals surface area contributed by atoms with E-state index in [2.05, 4.69) is 21.0 Å². The van der Waals surface area contributed by atoms with Gasteiger partial charge in [0, 0.05) is 6.20 Å². The molecule has 5 nitrogen and oxygen atoms in total. The van der Waals surface area contributed by atoms with Crippen molar-refractivity contribution in [3.63, 3.8) is 0 Å². The van der Waals surface area contributed by atoms with Crippen molar-refractivity contribution in [1.29, 1.82) is 0 Å². The van der Waals surface area contributed by atoms with Gasteiger partial charge in [0.15, 0.2) is 0 Å². The first kappa shape index (κ1) is 19.4. The Hall–Kier alpha value is -2.95. The number of nitrogens with zero attached hydrogens (tertiary/aromatic N) is 3. The SMILES string of the molecule is CCC(C(=O)NCc1cc(-c2ccccn2)n(C2CCCC2)n1)c1ccccc1. The molecule has 150 valence electrons. The number of nitrogens with one attached hydrogen (secondary N) is 1. The van der Waals surface area contributed by atoms with Crippen LogP contribution in [0.15, 0.2) is 60.8 Å². The van der Waals surface area contributed by atoms with Crippen LogP contribution in [0.3, 0.4) is 0 Å². The van der Waals surface area contributed by atoms with Crippen molar-refractivity contribution >= 4 is 5.91 Å². The molecular formula is C24H28N4O. The summed E-state index contributed by atoms with van der Waals surface area (Å²) in [6, 6.07) is 18.4. The van der Waals surface area contributed by atoms with Crippen molar-refractivity contribution in [3.05, 3.63) is 72.1 Å². The van der Waals surface area contributed by atoms with Gasteiger partial charge in [0.2, 0.25) is 5.91 Å². The molecule has 0 saturated heterocycles. The summed E-state index contributed by atoms with van der Waals surface area (Å²) in [5, 5.41) is 7.96. The lowest BCUT2D eigenvalue weighted by Crippen LogP contribution is -2.29. The molecule has 1 aliphatic rings. The minimum atomic E-state index is -0.136. The van der Waals surface area contributed by atoms with E-state index in [0.717, 1.165) is 41.9 Å². The fourth-order valence-electron chi connectivity index (χ4n) is 4.22. The molecule has 1 aromatic carbocycles. The van der Waals surface area contributed by atoms with Crippen LogP contribution in [0.25, 0.3) is 11.4 Å². The third-order valence-corrected chi connectivity index (χ3v) is 5.75. The molecule has 0 aliphatic heterocycles. The van der Waals surface area contributed by atoms with Gasteiger partial charge in [-0.15, -0.1) is 0 Å². The molecule has 29 heavy (non-hydrogen) atoms. The normalized spacial score (nSPS) is 15.3. The Morgan fingerprint density at radius 3 is 2.59 bits per heavy atom. The lowest BCUT2D eigenvalue weighted by atomic mass is 9.96. The van der Waals surface area contributed by atoms with E-state index in [-0.39, 0.29) is 11.8 Å². The summed E-state index contributed by atoms with van der Waals surface area (Å²) >= 11 is 0. The highest BCUT2D eigenvalue weighted by molar-refractivity contribution is 5.83.